The van der Waals surface area contributed by atoms with Gasteiger partial charge >= 0.3 is 12.3 Å². The lowest BCUT2D eigenvalue weighted by atomic mass is 10.1. The number of carbonyl (C=O) groups is 1. The zero-order valence-corrected chi connectivity index (χ0v) is 20.3. The van der Waals surface area contributed by atoms with Crippen molar-refractivity contribution in [2.45, 2.75) is 44.7 Å². The quantitative estimate of drug-likeness (QED) is 0.504. The van der Waals surface area contributed by atoms with Crippen LogP contribution in [0, 0.1) is 0 Å². The minimum absolute atomic E-state index is 0.0163. The van der Waals surface area contributed by atoms with Gasteiger partial charge in [-0.25, -0.2) is 13.2 Å². The van der Waals surface area contributed by atoms with E-state index in [1.807, 2.05) is 13.8 Å². The van der Waals surface area contributed by atoms with E-state index in [1.165, 1.54) is 33.4 Å². The van der Waals surface area contributed by atoms with Crippen LogP contribution >= 0.6 is 10.8 Å². The maximum absolute atomic E-state index is 13.3. The van der Waals surface area contributed by atoms with Crippen LogP contribution in [0.2, 0.25) is 0 Å². The lowest BCUT2D eigenvalue weighted by Crippen LogP contribution is -2.41. The van der Waals surface area contributed by atoms with E-state index in [-0.39, 0.29) is 29.5 Å². The highest BCUT2D eigenvalue weighted by Gasteiger charge is 2.40. The third-order valence-electron chi connectivity index (χ3n) is 5.47. The average Bonchev–Trinajstić information content (AvgIpc) is 3.18. The maximum atomic E-state index is 13.3. The van der Waals surface area contributed by atoms with Crippen LogP contribution in [0.3, 0.4) is 0 Å². The standard InChI is InChI=1S/C22H23F2N3O5S2/c1-13(2)26-18-11-14(19(28)25-22(3)9-10-34(30,31)33-22)7-8-17(18)27(21(26)29)15-5-4-6-16(12-15)32-20(23)24/h4-8,11-13,20H,9-10H2,1-3H3,(H,25,28)/t22-/m0/s1. The third kappa shape index (κ3) is 4.69. The number of amides is 1. The first-order valence-electron chi connectivity index (χ1n) is 10.5. The Bertz CT molecular complexity index is 1430. The van der Waals surface area contributed by atoms with Crippen LogP contribution in [0.1, 0.15) is 43.6 Å². The van der Waals surface area contributed by atoms with Crippen molar-refractivity contribution in [2.75, 3.05) is 5.75 Å². The van der Waals surface area contributed by atoms with Crippen molar-refractivity contribution >= 4 is 36.6 Å². The predicted molar refractivity (Wildman–Crippen MR) is 126 cm³/mol. The molecule has 2 heterocycles. The number of hydrogen-bond acceptors (Lipinski definition) is 6. The van der Waals surface area contributed by atoms with Crippen LogP contribution in [-0.2, 0) is 8.87 Å². The zero-order chi connectivity index (χ0) is 24.8. The molecule has 0 spiro atoms. The molecule has 1 amide bonds. The van der Waals surface area contributed by atoms with Gasteiger partial charge in [0.25, 0.3) is 5.91 Å². The van der Waals surface area contributed by atoms with E-state index in [2.05, 4.69) is 10.1 Å². The molecule has 1 aliphatic heterocycles. The molecule has 1 fully saturated rings. The molecule has 1 saturated heterocycles. The van der Waals surface area contributed by atoms with Gasteiger partial charge in [0.2, 0.25) is 8.87 Å². The normalized spacial score (nSPS) is 19.7. The molecule has 1 aromatic heterocycles. The fraction of sp³-hybridized carbons (Fsp3) is 0.364. The second kappa shape index (κ2) is 8.73. The summed E-state index contributed by atoms with van der Waals surface area (Å²) in [6, 6.07) is 10.3. The summed E-state index contributed by atoms with van der Waals surface area (Å²) in [7, 11) is -2.55. The van der Waals surface area contributed by atoms with Crippen LogP contribution < -0.4 is 15.7 Å². The molecule has 0 radical (unpaired) electrons. The Hall–Kier alpha value is -2.86. The number of nitrogens with zero attached hydrogens (tertiary/aromatic N) is 2. The largest absolute Gasteiger partial charge is 0.435 e. The van der Waals surface area contributed by atoms with Gasteiger partial charge in [-0.2, -0.15) is 8.78 Å². The van der Waals surface area contributed by atoms with Crippen LogP contribution in [0.5, 0.6) is 5.75 Å². The fourth-order valence-corrected chi connectivity index (χ4v) is 8.29. The number of fused-ring (bicyclic) bond motifs is 1. The first-order chi connectivity index (χ1) is 15.9. The van der Waals surface area contributed by atoms with Crippen molar-refractivity contribution in [1.82, 2.24) is 14.5 Å². The first kappa shape index (κ1) is 24.3. The molecule has 1 atom stereocenters. The van der Waals surface area contributed by atoms with Gasteiger partial charge < -0.3 is 10.1 Å². The molecule has 3 aromatic rings. The highest BCUT2D eigenvalue weighted by molar-refractivity contribution is 8.73. The van der Waals surface area contributed by atoms with Gasteiger partial charge in [0.05, 0.1) is 27.3 Å². The highest BCUT2D eigenvalue weighted by Crippen LogP contribution is 2.39. The van der Waals surface area contributed by atoms with Gasteiger partial charge in [0, 0.05) is 17.7 Å². The molecule has 0 saturated carbocycles. The number of carbonyl (C=O) groups excluding carboxylic acids is 1. The van der Waals surface area contributed by atoms with Crippen LogP contribution in [0.4, 0.5) is 8.78 Å². The van der Waals surface area contributed by atoms with Gasteiger partial charge in [-0.05, 0) is 68.3 Å². The monoisotopic (exact) mass is 511 g/mol. The molecule has 182 valence electrons. The second-order valence-electron chi connectivity index (χ2n) is 8.44. The van der Waals surface area contributed by atoms with Crippen molar-refractivity contribution < 1.29 is 26.7 Å². The van der Waals surface area contributed by atoms with Gasteiger partial charge in [0.1, 0.15) is 5.75 Å². The van der Waals surface area contributed by atoms with E-state index in [0.717, 1.165) is 10.8 Å². The molecular weight excluding hydrogens is 488 g/mol. The zero-order valence-electron chi connectivity index (χ0n) is 18.6. The molecule has 0 bridgehead atoms. The molecule has 1 aliphatic rings. The predicted octanol–water partition coefficient (Wildman–Crippen LogP) is 3.89. The van der Waals surface area contributed by atoms with Crippen LogP contribution in [0.15, 0.2) is 47.3 Å². The molecule has 2 aromatic carbocycles. The van der Waals surface area contributed by atoms with Gasteiger partial charge in [0.15, 0.2) is 0 Å². The summed E-state index contributed by atoms with van der Waals surface area (Å²) in [4.78, 5) is 25.3. The number of aromatic nitrogens is 2. The Morgan fingerprint density at radius 3 is 2.53 bits per heavy atom. The number of rotatable bonds is 6. The summed E-state index contributed by atoms with van der Waals surface area (Å²) in [5.41, 5.74) is 1.16. The average molecular weight is 512 g/mol. The Balaban J connectivity index is 1.77. The Labute approximate surface area is 198 Å². The number of nitrogens with one attached hydrogen (secondary N) is 1. The van der Waals surface area contributed by atoms with E-state index < -0.39 is 31.9 Å². The Morgan fingerprint density at radius 2 is 1.91 bits per heavy atom. The molecule has 1 N–H and O–H groups in total. The lowest BCUT2D eigenvalue weighted by Gasteiger charge is -2.22. The molecule has 8 nitrogen and oxygen atoms in total. The molecule has 0 aliphatic carbocycles. The third-order valence-corrected chi connectivity index (χ3v) is 9.47. The van der Waals surface area contributed by atoms with Crippen molar-refractivity contribution in [3.05, 3.63) is 58.5 Å². The smallest absolute Gasteiger partial charge is 0.387 e. The molecule has 12 heteroatoms. The van der Waals surface area contributed by atoms with Crippen LogP contribution in [0.25, 0.3) is 16.7 Å². The summed E-state index contributed by atoms with van der Waals surface area (Å²) < 4.78 is 56.3. The Kier molecular flexibility index (Phi) is 6.23. The molecule has 0 unspecified atom stereocenters. The van der Waals surface area contributed by atoms with Crippen LogP contribution in [-0.4, -0.2) is 40.7 Å². The number of imidazole rings is 1. The summed E-state index contributed by atoms with van der Waals surface area (Å²) in [5, 5.41) is 2.78. The maximum Gasteiger partial charge on any atom is 0.387 e. The van der Waals surface area contributed by atoms with Gasteiger partial charge in [-0.15, -0.1) is 0 Å². The van der Waals surface area contributed by atoms with E-state index in [4.69, 9.17) is 0 Å². The van der Waals surface area contributed by atoms with E-state index in [1.54, 1.807) is 25.1 Å². The number of hydrogen-bond donors (Lipinski definition) is 1. The summed E-state index contributed by atoms with van der Waals surface area (Å²) in [5.74, 6) is -0.563. The van der Waals surface area contributed by atoms with Crippen molar-refractivity contribution in [3.63, 3.8) is 0 Å². The fourth-order valence-electron chi connectivity index (χ4n) is 3.99. The summed E-state index contributed by atoms with van der Waals surface area (Å²) in [6.45, 7) is 2.29. The number of ether oxygens (including phenoxy) is 1. The number of alkyl halides is 2. The van der Waals surface area contributed by atoms with E-state index in [0.29, 0.717) is 16.7 Å². The Morgan fingerprint density at radius 1 is 1.18 bits per heavy atom. The van der Waals surface area contributed by atoms with E-state index >= 15 is 0 Å². The molecular formula is C22H23F2N3O5S2. The van der Waals surface area contributed by atoms with Crippen molar-refractivity contribution in [2.24, 2.45) is 0 Å². The van der Waals surface area contributed by atoms with Gasteiger partial charge in [-0.1, -0.05) is 6.07 Å². The molecule has 34 heavy (non-hydrogen) atoms. The highest BCUT2D eigenvalue weighted by atomic mass is 33.1. The first-order valence-corrected chi connectivity index (χ1v) is 13.5. The van der Waals surface area contributed by atoms with Crippen molar-refractivity contribution in [1.29, 1.82) is 0 Å². The van der Waals surface area contributed by atoms with E-state index in [9.17, 15) is 26.8 Å². The minimum Gasteiger partial charge on any atom is -0.435 e. The lowest BCUT2D eigenvalue weighted by molar-refractivity contribution is -0.0498. The second-order valence-corrected chi connectivity index (χ2v) is 13.1. The number of halogens is 2. The molecule has 4 rings (SSSR count). The summed E-state index contributed by atoms with van der Waals surface area (Å²) in [6.07, 6.45) is 0.290. The van der Waals surface area contributed by atoms with Gasteiger partial charge in [-0.3, -0.25) is 13.9 Å². The number of benzene rings is 2. The SMILES string of the molecule is CC(C)n1c(=O)n(-c2cccc(OC(F)F)c2)c2ccc(C(=O)N[C@]3(C)CCS(=O)(=O)S3)cc21. The topological polar surface area (TPSA) is 99.4 Å². The summed E-state index contributed by atoms with van der Waals surface area (Å²) >= 11 is 0. The van der Waals surface area contributed by atoms with Crippen molar-refractivity contribution in [3.8, 4) is 11.4 Å². The minimum atomic E-state index is -3.28.